The van der Waals surface area contributed by atoms with Gasteiger partial charge >= 0.3 is 0 Å². The van der Waals surface area contributed by atoms with Crippen molar-refractivity contribution in [2.75, 3.05) is 18.5 Å². The van der Waals surface area contributed by atoms with Gasteiger partial charge in [0.2, 0.25) is 0 Å². The van der Waals surface area contributed by atoms with Gasteiger partial charge in [-0.3, -0.25) is 4.79 Å². The molecule has 1 atom stereocenters. The molecule has 0 amide bonds. The van der Waals surface area contributed by atoms with Crippen LogP contribution in [0, 0.1) is 0 Å². The van der Waals surface area contributed by atoms with Crippen LogP contribution in [0.3, 0.4) is 0 Å². The van der Waals surface area contributed by atoms with Crippen molar-refractivity contribution in [2.24, 2.45) is 0 Å². The van der Waals surface area contributed by atoms with E-state index in [4.69, 9.17) is 16.3 Å². The molecular weight excluding hydrogens is 410 g/mol. The Labute approximate surface area is 186 Å². The van der Waals surface area contributed by atoms with Crippen LogP contribution in [0.1, 0.15) is 15.9 Å². The van der Waals surface area contributed by atoms with E-state index in [0.717, 1.165) is 16.5 Å². The Kier molecular flexibility index (Phi) is 6.51. The first-order valence-electron chi connectivity index (χ1n) is 10.0. The van der Waals surface area contributed by atoms with Gasteiger partial charge in [0.05, 0.1) is 0 Å². The number of ketones is 1. The lowest BCUT2D eigenvalue weighted by Gasteiger charge is -2.17. The van der Waals surface area contributed by atoms with Crippen molar-refractivity contribution < 1.29 is 14.6 Å². The average Bonchev–Trinajstić information content (AvgIpc) is 2.82. The Morgan fingerprint density at radius 1 is 0.935 bits per heavy atom. The number of aliphatic hydroxyl groups is 1. The molecule has 0 radical (unpaired) electrons. The van der Waals surface area contributed by atoms with E-state index in [2.05, 4.69) is 5.32 Å². The highest BCUT2D eigenvalue weighted by Crippen LogP contribution is 2.26. The van der Waals surface area contributed by atoms with Gasteiger partial charge in [0.1, 0.15) is 18.5 Å². The Hall–Kier alpha value is -3.34. The molecule has 0 fully saturated rings. The molecule has 4 rings (SSSR count). The Morgan fingerprint density at radius 2 is 1.68 bits per heavy atom. The summed E-state index contributed by atoms with van der Waals surface area (Å²) >= 11 is 6.13. The minimum atomic E-state index is -0.769. The zero-order valence-corrected chi connectivity index (χ0v) is 17.5. The molecule has 0 bridgehead atoms. The highest BCUT2D eigenvalue weighted by molar-refractivity contribution is 6.31. The number of nitrogens with one attached hydrogen (secondary N) is 1. The van der Waals surface area contributed by atoms with Crippen LogP contribution in [-0.4, -0.2) is 30.1 Å². The minimum absolute atomic E-state index is 0.122. The molecule has 156 valence electrons. The van der Waals surface area contributed by atoms with Gasteiger partial charge in [0.25, 0.3) is 0 Å². The molecule has 0 saturated carbocycles. The van der Waals surface area contributed by atoms with Crippen LogP contribution in [0.4, 0.5) is 5.69 Å². The number of rotatable bonds is 8. The van der Waals surface area contributed by atoms with Crippen LogP contribution in [0.15, 0.2) is 91.0 Å². The van der Waals surface area contributed by atoms with E-state index < -0.39 is 6.10 Å². The smallest absolute Gasteiger partial charge is 0.195 e. The van der Waals surface area contributed by atoms with Crippen LogP contribution < -0.4 is 10.1 Å². The van der Waals surface area contributed by atoms with Gasteiger partial charge in [-0.15, -0.1) is 0 Å². The number of aliphatic hydroxyl groups excluding tert-OH is 1. The maximum atomic E-state index is 12.9. The number of carbonyl (C=O) groups excluding carboxylic acids is 1. The summed E-state index contributed by atoms with van der Waals surface area (Å²) in [6.07, 6.45) is -0.769. The van der Waals surface area contributed by atoms with E-state index in [0.29, 0.717) is 21.8 Å². The zero-order chi connectivity index (χ0) is 21.6. The zero-order valence-electron chi connectivity index (χ0n) is 16.8. The number of fused-ring (bicyclic) bond motifs is 1. The number of hydrogen-bond acceptors (Lipinski definition) is 4. The van der Waals surface area contributed by atoms with Gasteiger partial charge in [0.15, 0.2) is 5.78 Å². The summed E-state index contributed by atoms with van der Waals surface area (Å²) in [5.41, 5.74) is 1.65. The lowest BCUT2D eigenvalue weighted by atomic mass is 10.0. The molecule has 0 aliphatic rings. The molecule has 31 heavy (non-hydrogen) atoms. The van der Waals surface area contributed by atoms with Crippen LogP contribution >= 0.6 is 11.6 Å². The van der Waals surface area contributed by atoms with Crippen LogP contribution in [0.2, 0.25) is 5.02 Å². The topological polar surface area (TPSA) is 58.6 Å². The second-order valence-electron chi connectivity index (χ2n) is 7.21. The molecule has 0 aliphatic heterocycles. The Bertz CT molecular complexity index is 1190. The molecule has 4 aromatic rings. The lowest BCUT2D eigenvalue weighted by Crippen LogP contribution is -2.27. The number of anilines is 1. The van der Waals surface area contributed by atoms with Gasteiger partial charge in [-0.2, -0.15) is 0 Å². The molecule has 0 heterocycles. The number of halogens is 1. The van der Waals surface area contributed by atoms with Crippen molar-refractivity contribution in [3.63, 3.8) is 0 Å². The van der Waals surface area contributed by atoms with E-state index in [1.54, 1.807) is 30.3 Å². The maximum Gasteiger partial charge on any atom is 0.195 e. The number of benzene rings is 4. The quantitative estimate of drug-likeness (QED) is 0.358. The molecule has 4 aromatic carbocycles. The number of hydrogen-bond donors (Lipinski definition) is 2. The van der Waals surface area contributed by atoms with Gasteiger partial charge in [0, 0.05) is 33.8 Å². The fourth-order valence-electron chi connectivity index (χ4n) is 3.40. The summed E-state index contributed by atoms with van der Waals surface area (Å²) < 4.78 is 5.86. The third kappa shape index (κ3) is 5.05. The summed E-state index contributed by atoms with van der Waals surface area (Å²) in [5, 5.41) is 16.2. The molecule has 0 saturated heterocycles. The molecule has 4 nitrogen and oxygen atoms in total. The van der Waals surface area contributed by atoms with Gasteiger partial charge in [-0.25, -0.2) is 0 Å². The van der Waals surface area contributed by atoms with Gasteiger partial charge < -0.3 is 15.2 Å². The first-order valence-corrected chi connectivity index (χ1v) is 10.4. The summed E-state index contributed by atoms with van der Waals surface area (Å²) in [6, 6.07) is 27.9. The summed E-state index contributed by atoms with van der Waals surface area (Å²) in [6.45, 7) is 0.345. The fourth-order valence-corrected chi connectivity index (χ4v) is 3.57. The van der Waals surface area contributed by atoms with E-state index in [9.17, 15) is 9.90 Å². The van der Waals surface area contributed by atoms with E-state index >= 15 is 0 Å². The lowest BCUT2D eigenvalue weighted by molar-refractivity contribution is 0.103. The second-order valence-corrected chi connectivity index (χ2v) is 7.64. The highest BCUT2D eigenvalue weighted by atomic mass is 35.5. The van der Waals surface area contributed by atoms with E-state index in [1.807, 2.05) is 60.7 Å². The van der Waals surface area contributed by atoms with Crippen LogP contribution in [0.25, 0.3) is 10.8 Å². The summed E-state index contributed by atoms with van der Waals surface area (Å²) in [4.78, 5) is 12.9. The predicted octanol–water partition coefficient (Wildman–Crippen LogP) is 5.58. The second kappa shape index (κ2) is 9.65. The van der Waals surface area contributed by atoms with Crippen molar-refractivity contribution in [3.8, 4) is 5.75 Å². The van der Waals surface area contributed by atoms with Crippen LogP contribution in [0.5, 0.6) is 5.75 Å². The molecule has 0 aliphatic carbocycles. The molecule has 0 aromatic heterocycles. The molecule has 5 heteroatoms. The van der Waals surface area contributed by atoms with Crippen LogP contribution in [-0.2, 0) is 0 Å². The predicted molar refractivity (Wildman–Crippen MR) is 125 cm³/mol. The van der Waals surface area contributed by atoms with Crippen molar-refractivity contribution in [2.45, 2.75) is 6.10 Å². The minimum Gasteiger partial charge on any atom is -0.490 e. The van der Waals surface area contributed by atoms with E-state index in [1.165, 1.54) is 0 Å². The fraction of sp³-hybridized carbons (Fsp3) is 0.115. The standard InChI is InChI=1S/C26H22ClNO3/c27-20-13-14-24(23(15-20)26(30)19-8-2-1-3-9-19)28-16-21(29)17-31-25-12-6-10-18-7-4-5-11-22(18)25/h1-15,21,28-29H,16-17H2/t21-/m0/s1. The maximum absolute atomic E-state index is 12.9. The Balaban J connectivity index is 1.42. The number of ether oxygens (including phenoxy) is 1. The largest absolute Gasteiger partial charge is 0.490 e. The first kappa shape index (κ1) is 20.9. The Morgan fingerprint density at radius 3 is 2.52 bits per heavy atom. The normalized spacial score (nSPS) is 11.8. The highest BCUT2D eigenvalue weighted by Gasteiger charge is 2.15. The molecular formula is C26H22ClNO3. The molecule has 2 N–H and O–H groups in total. The summed E-state index contributed by atoms with van der Waals surface area (Å²) in [5.74, 6) is 0.593. The van der Waals surface area contributed by atoms with Crippen molar-refractivity contribution in [1.82, 2.24) is 0 Å². The van der Waals surface area contributed by atoms with Crippen molar-refractivity contribution in [3.05, 3.63) is 107 Å². The van der Waals surface area contributed by atoms with Gasteiger partial charge in [-0.05, 0) is 29.7 Å². The van der Waals surface area contributed by atoms with Crippen molar-refractivity contribution in [1.29, 1.82) is 0 Å². The van der Waals surface area contributed by atoms with Gasteiger partial charge in [-0.1, -0.05) is 78.3 Å². The average molecular weight is 432 g/mol. The van der Waals surface area contributed by atoms with E-state index in [-0.39, 0.29) is 18.9 Å². The number of carbonyl (C=O) groups is 1. The SMILES string of the molecule is O=C(c1ccccc1)c1cc(Cl)ccc1NC[C@H](O)COc1cccc2ccccc12. The monoisotopic (exact) mass is 431 g/mol. The first-order chi connectivity index (χ1) is 15.1. The molecule has 0 spiro atoms. The molecule has 0 unspecified atom stereocenters. The van der Waals surface area contributed by atoms with Crippen molar-refractivity contribution >= 4 is 33.8 Å². The third-order valence-electron chi connectivity index (χ3n) is 4.97. The third-order valence-corrected chi connectivity index (χ3v) is 5.21. The summed E-state index contributed by atoms with van der Waals surface area (Å²) in [7, 11) is 0.